The quantitative estimate of drug-likeness (QED) is 0.837. The molecule has 21 heavy (non-hydrogen) atoms. The van der Waals surface area contributed by atoms with Crippen molar-refractivity contribution in [1.82, 2.24) is 4.90 Å². The predicted octanol–water partition coefficient (Wildman–Crippen LogP) is 3.05. The molecular formula is C14H18F3N3O. The minimum atomic E-state index is -4.42. The summed E-state index contributed by atoms with van der Waals surface area (Å²) in [5.41, 5.74) is 5.18. The number of nitrogens with one attached hydrogen (secondary N) is 1. The molecule has 1 heterocycles. The Labute approximate surface area is 121 Å². The van der Waals surface area contributed by atoms with Crippen molar-refractivity contribution in [3.63, 3.8) is 0 Å². The van der Waals surface area contributed by atoms with E-state index in [1.54, 1.807) is 4.90 Å². The molecule has 0 saturated carbocycles. The maximum absolute atomic E-state index is 12.6. The number of hydrogen-bond acceptors (Lipinski definition) is 2. The fourth-order valence-corrected chi connectivity index (χ4v) is 2.48. The first kappa shape index (κ1) is 15.6. The molecule has 2 amide bonds. The van der Waals surface area contributed by atoms with E-state index in [0.29, 0.717) is 19.4 Å². The first-order valence-electron chi connectivity index (χ1n) is 6.78. The Hall–Kier alpha value is -1.76. The van der Waals surface area contributed by atoms with E-state index in [1.807, 2.05) is 6.92 Å². The third-order valence-electron chi connectivity index (χ3n) is 3.62. The van der Waals surface area contributed by atoms with Crippen LogP contribution in [-0.2, 0) is 6.18 Å². The number of urea groups is 1. The average molecular weight is 301 g/mol. The van der Waals surface area contributed by atoms with E-state index in [4.69, 9.17) is 5.73 Å². The Morgan fingerprint density at radius 3 is 2.76 bits per heavy atom. The molecule has 2 atom stereocenters. The molecule has 7 heteroatoms. The number of benzene rings is 1. The molecular weight excluding hydrogens is 283 g/mol. The van der Waals surface area contributed by atoms with E-state index in [-0.39, 0.29) is 17.8 Å². The van der Waals surface area contributed by atoms with E-state index < -0.39 is 17.8 Å². The SMILES string of the molecule is CC1CC(N)CCN1C(=O)Nc1cccc(C(F)(F)F)c1. The van der Waals surface area contributed by atoms with E-state index in [9.17, 15) is 18.0 Å². The Bertz CT molecular complexity index is 518. The third-order valence-corrected chi connectivity index (χ3v) is 3.62. The highest BCUT2D eigenvalue weighted by molar-refractivity contribution is 5.89. The lowest BCUT2D eigenvalue weighted by molar-refractivity contribution is -0.137. The number of carbonyl (C=O) groups is 1. The predicted molar refractivity (Wildman–Crippen MR) is 73.8 cm³/mol. The molecule has 1 saturated heterocycles. The largest absolute Gasteiger partial charge is 0.416 e. The van der Waals surface area contributed by atoms with Gasteiger partial charge in [-0.3, -0.25) is 0 Å². The molecule has 0 bridgehead atoms. The van der Waals surface area contributed by atoms with E-state index >= 15 is 0 Å². The van der Waals surface area contributed by atoms with Crippen molar-refractivity contribution in [2.24, 2.45) is 5.73 Å². The summed E-state index contributed by atoms with van der Waals surface area (Å²) in [5.74, 6) is 0. The molecule has 3 N–H and O–H groups in total. The van der Waals surface area contributed by atoms with Crippen molar-refractivity contribution in [3.8, 4) is 0 Å². The second kappa shape index (κ2) is 5.93. The Kier molecular flexibility index (Phi) is 4.41. The van der Waals surface area contributed by atoms with Crippen molar-refractivity contribution < 1.29 is 18.0 Å². The molecule has 4 nitrogen and oxygen atoms in total. The number of piperidine rings is 1. The maximum atomic E-state index is 12.6. The van der Waals surface area contributed by atoms with Gasteiger partial charge < -0.3 is 16.0 Å². The number of likely N-dealkylation sites (tertiary alicyclic amines) is 1. The van der Waals surface area contributed by atoms with Gasteiger partial charge in [0.1, 0.15) is 0 Å². The standard InChI is InChI=1S/C14H18F3N3O/c1-9-7-11(18)5-6-20(9)13(21)19-12-4-2-3-10(8-12)14(15,16)17/h2-4,8-9,11H,5-7,18H2,1H3,(H,19,21). The van der Waals surface area contributed by atoms with Crippen molar-refractivity contribution in [3.05, 3.63) is 29.8 Å². The Morgan fingerprint density at radius 1 is 1.43 bits per heavy atom. The van der Waals surface area contributed by atoms with Crippen LogP contribution in [0.4, 0.5) is 23.7 Å². The molecule has 2 unspecified atom stereocenters. The number of alkyl halides is 3. The second-order valence-electron chi connectivity index (χ2n) is 5.34. The lowest BCUT2D eigenvalue weighted by Crippen LogP contribution is -2.49. The topological polar surface area (TPSA) is 58.4 Å². The molecule has 1 aliphatic rings. The van der Waals surface area contributed by atoms with Crippen molar-refractivity contribution >= 4 is 11.7 Å². The maximum Gasteiger partial charge on any atom is 0.416 e. The molecule has 1 fully saturated rings. The van der Waals surface area contributed by atoms with Crippen molar-refractivity contribution in [2.45, 2.75) is 38.0 Å². The van der Waals surface area contributed by atoms with Crippen LogP contribution in [0.15, 0.2) is 24.3 Å². The van der Waals surface area contributed by atoms with E-state index in [0.717, 1.165) is 12.1 Å². The van der Waals surface area contributed by atoms with Gasteiger partial charge in [0, 0.05) is 24.3 Å². The number of anilines is 1. The molecule has 1 aliphatic heterocycles. The summed E-state index contributed by atoms with van der Waals surface area (Å²) in [4.78, 5) is 13.7. The Morgan fingerprint density at radius 2 is 2.14 bits per heavy atom. The van der Waals surface area contributed by atoms with Gasteiger partial charge in [-0.1, -0.05) is 6.07 Å². The van der Waals surface area contributed by atoms with Gasteiger partial charge in [0.2, 0.25) is 0 Å². The highest BCUT2D eigenvalue weighted by Gasteiger charge is 2.31. The zero-order valence-corrected chi connectivity index (χ0v) is 11.7. The molecule has 2 rings (SSSR count). The van der Waals surface area contributed by atoms with E-state index in [2.05, 4.69) is 5.32 Å². The normalized spacial score (nSPS) is 23.0. The molecule has 0 radical (unpaired) electrons. The summed E-state index contributed by atoms with van der Waals surface area (Å²) < 4.78 is 37.9. The molecule has 116 valence electrons. The molecule has 0 aliphatic carbocycles. The summed E-state index contributed by atoms with van der Waals surface area (Å²) >= 11 is 0. The lowest BCUT2D eigenvalue weighted by Gasteiger charge is -2.36. The fraction of sp³-hybridized carbons (Fsp3) is 0.500. The van der Waals surface area contributed by atoms with E-state index in [1.165, 1.54) is 12.1 Å². The van der Waals surface area contributed by atoms with Crippen LogP contribution in [0, 0.1) is 0 Å². The lowest BCUT2D eigenvalue weighted by atomic mass is 10.00. The van der Waals surface area contributed by atoms with Crippen molar-refractivity contribution in [1.29, 1.82) is 0 Å². The minimum absolute atomic E-state index is 0.0282. The number of halogens is 3. The van der Waals surface area contributed by atoms with Crippen LogP contribution < -0.4 is 11.1 Å². The number of carbonyl (C=O) groups excluding carboxylic acids is 1. The van der Waals surface area contributed by atoms with Gasteiger partial charge in [-0.05, 0) is 38.0 Å². The summed E-state index contributed by atoms with van der Waals surface area (Å²) in [6.45, 7) is 2.39. The van der Waals surface area contributed by atoms with Gasteiger partial charge in [-0.2, -0.15) is 13.2 Å². The van der Waals surface area contributed by atoms with Gasteiger partial charge >= 0.3 is 12.2 Å². The molecule has 1 aromatic carbocycles. The van der Waals surface area contributed by atoms with Gasteiger partial charge in [-0.25, -0.2) is 4.79 Å². The van der Waals surface area contributed by atoms with Crippen LogP contribution in [0.3, 0.4) is 0 Å². The average Bonchev–Trinajstić information content (AvgIpc) is 2.37. The van der Waals surface area contributed by atoms with Crippen LogP contribution >= 0.6 is 0 Å². The van der Waals surface area contributed by atoms with Crippen molar-refractivity contribution in [2.75, 3.05) is 11.9 Å². The minimum Gasteiger partial charge on any atom is -0.328 e. The van der Waals surface area contributed by atoms with Crippen LogP contribution in [0.25, 0.3) is 0 Å². The van der Waals surface area contributed by atoms with Gasteiger partial charge in [-0.15, -0.1) is 0 Å². The highest BCUT2D eigenvalue weighted by Crippen LogP contribution is 2.30. The van der Waals surface area contributed by atoms with Gasteiger partial charge in [0.25, 0.3) is 0 Å². The first-order chi connectivity index (χ1) is 9.77. The van der Waals surface area contributed by atoms with Crippen LogP contribution in [0.2, 0.25) is 0 Å². The summed E-state index contributed by atoms with van der Waals surface area (Å²) in [6, 6.07) is 4.25. The summed E-state index contributed by atoms with van der Waals surface area (Å²) in [6.07, 6.45) is -3.04. The number of amides is 2. The fourth-order valence-electron chi connectivity index (χ4n) is 2.48. The number of rotatable bonds is 1. The summed E-state index contributed by atoms with van der Waals surface area (Å²) in [7, 11) is 0. The molecule has 0 spiro atoms. The smallest absolute Gasteiger partial charge is 0.328 e. The zero-order chi connectivity index (χ0) is 15.6. The highest BCUT2D eigenvalue weighted by atomic mass is 19.4. The van der Waals surface area contributed by atoms with Gasteiger partial charge in [0.15, 0.2) is 0 Å². The van der Waals surface area contributed by atoms with Gasteiger partial charge in [0.05, 0.1) is 5.56 Å². The second-order valence-corrected chi connectivity index (χ2v) is 5.34. The van der Waals surface area contributed by atoms with Crippen LogP contribution in [0.1, 0.15) is 25.3 Å². The third kappa shape index (κ3) is 3.87. The molecule has 1 aromatic rings. The number of hydrogen-bond donors (Lipinski definition) is 2. The molecule has 0 aromatic heterocycles. The monoisotopic (exact) mass is 301 g/mol. The van der Waals surface area contributed by atoms with Crippen LogP contribution in [0.5, 0.6) is 0 Å². The number of nitrogens with zero attached hydrogens (tertiary/aromatic N) is 1. The first-order valence-corrected chi connectivity index (χ1v) is 6.78. The number of nitrogens with two attached hydrogens (primary N) is 1. The zero-order valence-electron chi connectivity index (χ0n) is 11.7. The summed E-state index contributed by atoms with van der Waals surface area (Å²) in [5, 5.41) is 2.52. The van der Waals surface area contributed by atoms with Crippen LogP contribution in [-0.4, -0.2) is 29.6 Å². The Balaban J connectivity index is 2.06.